The summed E-state index contributed by atoms with van der Waals surface area (Å²) in [5.74, 6) is 0. The van der Waals surface area contributed by atoms with Crippen molar-refractivity contribution >= 4 is 0 Å². The number of pyridine rings is 1. The predicted octanol–water partition coefficient (Wildman–Crippen LogP) is 2.63. The van der Waals surface area contributed by atoms with Crippen molar-refractivity contribution in [3.63, 3.8) is 0 Å². The normalized spacial score (nSPS) is 12.4. The van der Waals surface area contributed by atoms with Gasteiger partial charge in [-0.25, -0.2) is 0 Å². The maximum Gasteiger partial charge on any atom is 0.0351 e. The lowest BCUT2D eigenvalue weighted by atomic mass is 10.0. The van der Waals surface area contributed by atoms with Gasteiger partial charge in [-0.05, 0) is 30.5 Å². The van der Waals surface area contributed by atoms with E-state index in [-0.39, 0.29) is 6.04 Å². The van der Waals surface area contributed by atoms with Crippen LogP contribution in [0.5, 0.6) is 0 Å². The highest BCUT2D eigenvalue weighted by Gasteiger charge is 2.06. The van der Waals surface area contributed by atoms with Crippen LogP contribution in [0, 0.1) is 6.92 Å². The molecular weight excluding hydrogens is 196 g/mol. The average molecular weight is 212 g/mol. The van der Waals surface area contributed by atoms with Crippen LogP contribution >= 0.6 is 0 Å². The van der Waals surface area contributed by atoms with Crippen molar-refractivity contribution < 1.29 is 0 Å². The molecule has 0 aliphatic rings. The molecule has 1 aromatic carbocycles. The summed E-state index contributed by atoms with van der Waals surface area (Å²) in [4.78, 5) is 4.08. The first-order chi connectivity index (χ1) is 7.75. The van der Waals surface area contributed by atoms with Crippen molar-refractivity contribution in [2.24, 2.45) is 5.73 Å². The first-order valence-electron chi connectivity index (χ1n) is 5.47. The van der Waals surface area contributed by atoms with Gasteiger partial charge in [0.25, 0.3) is 0 Å². The topological polar surface area (TPSA) is 38.9 Å². The first-order valence-corrected chi connectivity index (χ1v) is 5.47. The van der Waals surface area contributed by atoms with Gasteiger partial charge < -0.3 is 5.73 Å². The molecule has 0 radical (unpaired) electrons. The largest absolute Gasteiger partial charge is 0.324 e. The van der Waals surface area contributed by atoms with Crippen LogP contribution in [0.2, 0.25) is 0 Å². The number of hydrogen-bond acceptors (Lipinski definition) is 2. The third-order valence-electron chi connectivity index (χ3n) is 2.69. The summed E-state index contributed by atoms with van der Waals surface area (Å²) in [6.07, 6.45) is 4.45. The maximum atomic E-state index is 6.13. The van der Waals surface area contributed by atoms with E-state index in [9.17, 15) is 0 Å². The number of rotatable bonds is 3. The SMILES string of the molecule is Cc1ccc(C[C@H](N)c2cccnc2)cc1. The molecule has 0 saturated heterocycles. The fourth-order valence-corrected chi connectivity index (χ4v) is 1.69. The average Bonchev–Trinajstić information content (AvgIpc) is 2.33. The Balaban J connectivity index is 2.08. The molecule has 16 heavy (non-hydrogen) atoms. The zero-order valence-corrected chi connectivity index (χ0v) is 9.43. The highest BCUT2D eigenvalue weighted by atomic mass is 14.7. The Bertz CT molecular complexity index is 434. The third kappa shape index (κ3) is 2.67. The van der Waals surface area contributed by atoms with Crippen LogP contribution in [0.3, 0.4) is 0 Å². The van der Waals surface area contributed by atoms with Gasteiger partial charge in [-0.2, -0.15) is 0 Å². The number of aromatic nitrogens is 1. The van der Waals surface area contributed by atoms with Gasteiger partial charge in [-0.15, -0.1) is 0 Å². The van der Waals surface area contributed by atoms with Crippen molar-refractivity contribution in [1.82, 2.24) is 4.98 Å². The van der Waals surface area contributed by atoms with Crippen molar-refractivity contribution in [3.05, 3.63) is 65.5 Å². The second-order valence-electron chi connectivity index (χ2n) is 4.08. The number of hydrogen-bond donors (Lipinski definition) is 1. The van der Waals surface area contributed by atoms with E-state index < -0.39 is 0 Å². The van der Waals surface area contributed by atoms with E-state index in [0.717, 1.165) is 12.0 Å². The molecule has 1 atom stereocenters. The number of nitrogens with two attached hydrogens (primary N) is 1. The quantitative estimate of drug-likeness (QED) is 0.849. The van der Waals surface area contributed by atoms with Gasteiger partial charge in [0, 0.05) is 18.4 Å². The molecule has 1 heterocycles. The molecule has 2 nitrogen and oxygen atoms in total. The van der Waals surface area contributed by atoms with Crippen molar-refractivity contribution in [2.75, 3.05) is 0 Å². The lowest BCUT2D eigenvalue weighted by molar-refractivity contribution is 0.718. The van der Waals surface area contributed by atoms with Gasteiger partial charge >= 0.3 is 0 Å². The van der Waals surface area contributed by atoms with Crippen molar-refractivity contribution in [3.8, 4) is 0 Å². The van der Waals surface area contributed by atoms with Gasteiger partial charge in [0.1, 0.15) is 0 Å². The Hall–Kier alpha value is -1.67. The first kappa shape index (κ1) is 10.8. The molecule has 0 bridgehead atoms. The van der Waals surface area contributed by atoms with Crippen LogP contribution in [-0.4, -0.2) is 4.98 Å². The highest BCUT2D eigenvalue weighted by molar-refractivity contribution is 5.24. The van der Waals surface area contributed by atoms with Gasteiger partial charge in [0.2, 0.25) is 0 Å². The summed E-state index contributed by atoms with van der Waals surface area (Å²) in [5.41, 5.74) is 9.75. The van der Waals surface area contributed by atoms with E-state index in [4.69, 9.17) is 5.73 Å². The minimum atomic E-state index is 0.0245. The second-order valence-corrected chi connectivity index (χ2v) is 4.08. The molecule has 2 rings (SSSR count). The Morgan fingerprint density at radius 3 is 2.56 bits per heavy atom. The summed E-state index contributed by atoms with van der Waals surface area (Å²) in [6.45, 7) is 2.09. The zero-order chi connectivity index (χ0) is 11.4. The van der Waals surface area contributed by atoms with Crippen LogP contribution in [-0.2, 0) is 6.42 Å². The van der Waals surface area contributed by atoms with Crippen LogP contribution in [0.25, 0.3) is 0 Å². The fraction of sp³-hybridized carbons (Fsp3) is 0.214. The van der Waals surface area contributed by atoms with E-state index in [1.807, 2.05) is 18.3 Å². The Kier molecular flexibility index (Phi) is 3.32. The monoisotopic (exact) mass is 212 g/mol. The van der Waals surface area contributed by atoms with E-state index in [1.165, 1.54) is 11.1 Å². The molecule has 0 spiro atoms. The summed E-state index contributed by atoms with van der Waals surface area (Å²) in [5, 5.41) is 0. The molecular formula is C14H16N2. The number of nitrogens with zero attached hydrogens (tertiary/aromatic N) is 1. The van der Waals surface area contributed by atoms with Crippen molar-refractivity contribution in [2.45, 2.75) is 19.4 Å². The molecule has 2 aromatic rings. The lowest BCUT2D eigenvalue weighted by Gasteiger charge is -2.11. The Labute approximate surface area is 96.1 Å². The second kappa shape index (κ2) is 4.90. The summed E-state index contributed by atoms with van der Waals surface area (Å²) < 4.78 is 0. The molecule has 2 N–H and O–H groups in total. The highest BCUT2D eigenvalue weighted by Crippen LogP contribution is 2.15. The Morgan fingerprint density at radius 1 is 1.19 bits per heavy atom. The van der Waals surface area contributed by atoms with Crippen LogP contribution in [0.15, 0.2) is 48.8 Å². The van der Waals surface area contributed by atoms with Gasteiger partial charge in [0.05, 0.1) is 0 Å². The molecule has 1 aromatic heterocycles. The summed E-state index contributed by atoms with van der Waals surface area (Å²) in [7, 11) is 0. The smallest absolute Gasteiger partial charge is 0.0351 e. The fourth-order valence-electron chi connectivity index (χ4n) is 1.69. The number of benzene rings is 1. The van der Waals surface area contributed by atoms with Gasteiger partial charge in [0.15, 0.2) is 0 Å². The van der Waals surface area contributed by atoms with E-state index >= 15 is 0 Å². The van der Waals surface area contributed by atoms with E-state index in [0.29, 0.717) is 0 Å². The molecule has 0 amide bonds. The summed E-state index contributed by atoms with van der Waals surface area (Å²) in [6, 6.07) is 12.5. The molecule has 82 valence electrons. The van der Waals surface area contributed by atoms with E-state index in [1.54, 1.807) is 6.20 Å². The van der Waals surface area contributed by atoms with Gasteiger partial charge in [-0.3, -0.25) is 4.98 Å². The Morgan fingerprint density at radius 2 is 1.94 bits per heavy atom. The molecule has 0 aliphatic carbocycles. The standard InChI is InChI=1S/C14H16N2/c1-11-4-6-12(7-5-11)9-14(15)13-3-2-8-16-10-13/h2-8,10,14H,9,15H2,1H3/t14-/m0/s1. The van der Waals surface area contributed by atoms with Crippen LogP contribution < -0.4 is 5.73 Å². The lowest BCUT2D eigenvalue weighted by Crippen LogP contribution is -2.13. The predicted molar refractivity (Wildman–Crippen MR) is 66.0 cm³/mol. The molecule has 0 saturated carbocycles. The van der Waals surface area contributed by atoms with E-state index in [2.05, 4.69) is 36.2 Å². The molecule has 0 fully saturated rings. The molecule has 2 heteroatoms. The third-order valence-corrected chi connectivity index (χ3v) is 2.69. The number of aryl methyl sites for hydroxylation is 1. The molecule has 0 aliphatic heterocycles. The summed E-state index contributed by atoms with van der Waals surface area (Å²) >= 11 is 0. The minimum Gasteiger partial charge on any atom is -0.324 e. The molecule has 0 unspecified atom stereocenters. The van der Waals surface area contributed by atoms with Crippen LogP contribution in [0.4, 0.5) is 0 Å². The minimum absolute atomic E-state index is 0.0245. The maximum absolute atomic E-state index is 6.13. The van der Waals surface area contributed by atoms with Crippen molar-refractivity contribution in [1.29, 1.82) is 0 Å². The zero-order valence-electron chi connectivity index (χ0n) is 9.43. The van der Waals surface area contributed by atoms with Crippen LogP contribution in [0.1, 0.15) is 22.7 Å². The van der Waals surface area contributed by atoms with Gasteiger partial charge in [-0.1, -0.05) is 35.9 Å².